The molecule has 1 fully saturated rings. The summed E-state index contributed by atoms with van der Waals surface area (Å²) >= 11 is 0. The average Bonchev–Trinajstić information content (AvgIpc) is 2.48. The van der Waals surface area contributed by atoms with Gasteiger partial charge in [0.15, 0.2) is 0 Å². The van der Waals surface area contributed by atoms with Crippen LogP contribution in [0.3, 0.4) is 0 Å². The Morgan fingerprint density at radius 1 is 1.15 bits per heavy atom. The molecule has 3 N–H and O–H groups in total. The van der Waals surface area contributed by atoms with E-state index >= 15 is 0 Å². The van der Waals surface area contributed by atoms with Crippen LogP contribution in [-0.4, -0.2) is 35.6 Å². The number of nitrogens with one attached hydrogen (secondary N) is 2. The molecule has 0 aliphatic heterocycles. The van der Waals surface area contributed by atoms with Crippen molar-refractivity contribution in [3.8, 4) is 0 Å². The molecule has 2 rings (SSSR count). The molecular formula is C15H20N2O3. The highest BCUT2D eigenvalue weighted by atomic mass is 16.3. The molecule has 2 atom stereocenters. The van der Waals surface area contributed by atoms with Gasteiger partial charge in [0.25, 0.3) is 5.91 Å². The number of hydrogen-bond donors (Lipinski definition) is 3. The van der Waals surface area contributed by atoms with Gasteiger partial charge >= 0.3 is 0 Å². The lowest BCUT2D eigenvalue weighted by molar-refractivity contribution is -0.122. The molecule has 1 aromatic carbocycles. The van der Waals surface area contributed by atoms with E-state index in [1.165, 1.54) is 0 Å². The third-order valence-electron chi connectivity index (χ3n) is 3.52. The van der Waals surface area contributed by atoms with Crippen molar-refractivity contribution in [1.82, 2.24) is 10.6 Å². The van der Waals surface area contributed by atoms with Crippen molar-refractivity contribution in [2.24, 2.45) is 0 Å². The third kappa shape index (κ3) is 4.06. The summed E-state index contributed by atoms with van der Waals surface area (Å²) in [5.41, 5.74) is 0.526. The quantitative estimate of drug-likeness (QED) is 0.762. The average molecular weight is 276 g/mol. The zero-order valence-electron chi connectivity index (χ0n) is 11.3. The van der Waals surface area contributed by atoms with Crippen molar-refractivity contribution in [1.29, 1.82) is 0 Å². The Morgan fingerprint density at radius 2 is 1.85 bits per heavy atom. The van der Waals surface area contributed by atoms with Crippen LogP contribution in [0.1, 0.15) is 36.0 Å². The zero-order valence-corrected chi connectivity index (χ0v) is 11.3. The Morgan fingerprint density at radius 3 is 2.55 bits per heavy atom. The minimum absolute atomic E-state index is 0.0725. The van der Waals surface area contributed by atoms with Crippen LogP contribution in [0.15, 0.2) is 30.3 Å². The second-order valence-corrected chi connectivity index (χ2v) is 5.07. The largest absolute Gasteiger partial charge is 0.391 e. The van der Waals surface area contributed by atoms with Gasteiger partial charge < -0.3 is 15.7 Å². The highest BCUT2D eigenvalue weighted by molar-refractivity contribution is 5.96. The van der Waals surface area contributed by atoms with Gasteiger partial charge in [0.1, 0.15) is 0 Å². The molecule has 1 aliphatic rings. The van der Waals surface area contributed by atoms with Crippen LogP contribution >= 0.6 is 0 Å². The van der Waals surface area contributed by atoms with Gasteiger partial charge in [-0.2, -0.15) is 0 Å². The van der Waals surface area contributed by atoms with Gasteiger partial charge in [-0.15, -0.1) is 0 Å². The van der Waals surface area contributed by atoms with E-state index in [0.29, 0.717) is 5.56 Å². The fourth-order valence-electron chi connectivity index (χ4n) is 2.39. The van der Waals surface area contributed by atoms with Crippen LogP contribution in [-0.2, 0) is 4.79 Å². The van der Waals surface area contributed by atoms with E-state index in [9.17, 15) is 14.7 Å². The van der Waals surface area contributed by atoms with Crippen LogP contribution in [0.5, 0.6) is 0 Å². The number of carbonyl (C=O) groups excluding carboxylic acids is 2. The van der Waals surface area contributed by atoms with E-state index in [0.717, 1.165) is 25.7 Å². The maximum absolute atomic E-state index is 11.8. The molecule has 108 valence electrons. The van der Waals surface area contributed by atoms with Gasteiger partial charge in [0.05, 0.1) is 18.7 Å². The molecule has 0 bridgehead atoms. The van der Waals surface area contributed by atoms with E-state index in [4.69, 9.17) is 0 Å². The SMILES string of the molecule is O=C(CNC(=O)c1ccccc1)N[C@@H]1CCCC[C@H]1O. The van der Waals surface area contributed by atoms with Crippen molar-refractivity contribution in [3.05, 3.63) is 35.9 Å². The van der Waals surface area contributed by atoms with Gasteiger partial charge in [0, 0.05) is 5.56 Å². The second kappa shape index (κ2) is 7.05. The maximum Gasteiger partial charge on any atom is 0.251 e. The maximum atomic E-state index is 11.8. The predicted molar refractivity (Wildman–Crippen MR) is 75.2 cm³/mol. The van der Waals surface area contributed by atoms with Crippen LogP contribution in [0.4, 0.5) is 0 Å². The molecule has 20 heavy (non-hydrogen) atoms. The highest BCUT2D eigenvalue weighted by Gasteiger charge is 2.24. The molecule has 0 spiro atoms. The first-order valence-electron chi connectivity index (χ1n) is 6.97. The van der Waals surface area contributed by atoms with Gasteiger partial charge in [-0.1, -0.05) is 31.0 Å². The number of carbonyl (C=O) groups is 2. The Labute approximate surface area is 118 Å². The van der Waals surface area contributed by atoms with E-state index in [2.05, 4.69) is 10.6 Å². The summed E-state index contributed by atoms with van der Waals surface area (Å²) in [7, 11) is 0. The van der Waals surface area contributed by atoms with Crippen LogP contribution in [0, 0.1) is 0 Å². The monoisotopic (exact) mass is 276 g/mol. The first-order valence-corrected chi connectivity index (χ1v) is 6.97. The Kier molecular flexibility index (Phi) is 5.12. The minimum atomic E-state index is -0.475. The number of amides is 2. The number of benzene rings is 1. The van der Waals surface area contributed by atoms with Crippen molar-refractivity contribution in [3.63, 3.8) is 0 Å². The smallest absolute Gasteiger partial charge is 0.251 e. The number of aliphatic hydroxyl groups is 1. The highest BCUT2D eigenvalue weighted by Crippen LogP contribution is 2.18. The zero-order chi connectivity index (χ0) is 14.4. The van der Waals surface area contributed by atoms with Gasteiger partial charge in [-0.25, -0.2) is 0 Å². The van der Waals surface area contributed by atoms with Crippen molar-refractivity contribution in [2.75, 3.05) is 6.54 Å². The minimum Gasteiger partial charge on any atom is -0.391 e. The summed E-state index contributed by atoms with van der Waals surface area (Å²) in [6.45, 7) is -0.0725. The normalized spacial score (nSPS) is 22.1. The summed E-state index contributed by atoms with van der Waals surface area (Å²) < 4.78 is 0. The Hall–Kier alpha value is -1.88. The molecular weight excluding hydrogens is 256 g/mol. The second-order valence-electron chi connectivity index (χ2n) is 5.07. The Bertz CT molecular complexity index is 461. The standard InChI is InChI=1S/C15H20N2O3/c18-13-9-5-4-8-12(13)17-14(19)10-16-15(20)11-6-2-1-3-7-11/h1-3,6-7,12-13,18H,4-5,8-10H2,(H,16,20)(H,17,19)/t12-,13-/m1/s1. The summed E-state index contributed by atoms with van der Waals surface area (Å²) in [6, 6.07) is 8.56. The molecule has 1 saturated carbocycles. The Balaban J connectivity index is 1.76. The lowest BCUT2D eigenvalue weighted by Gasteiger charge is -2.28. The molecule has 0 heterocycles. The lowest BCUT2D eigenvalue weighted by atomic mass is 9.92. The number of hydrogen-bond acceptors (Lipinski definition) is 3. The van der Waals surface area contributed by atoms with Crippen LogP contribution in [0.25, 0.3) is 0 Å². The van der Waals surface area contributed by atoms with Crippen LogP contribution < -0.4 is 10.6 Å². The van der Waals surface area contributed by atoms with Gasteiger partial charge in [-0.3, -0.25) is 9.59 Å². The fraction of sp³-hybridized carbons (Fsp3) is 0.467. The molecule has 0 unspecified atom stereocenters. The van der Waals surface area contributed by atoms with E-state index in [-0.39, 0.29) is 24.4 Å². The summed E-state index contributed by atoms with van der Waals surface area (Å²) in [5, 5.41) is 15.1. The lowest BCUT2D eigenvalue weighted by Crippen LogP contribution is -2.48. The van der Waals surface area contributed by atoms with Crippen molar-refractivity contribution < 1.29 is 14.7 Å². The molecule has 5 heteroatoms. The molecule has 1 aliphatic carbocycles. The predicted octanol–water partition coefficient (Wildman–Crippen LogP) is 0.836. The van der Waals surface area contributed by atoms with Gasteiger partial charge in [-0.05, 0) is 25.0 Å². The van der Waals surface area contributed by atoms with E-state index in [1.807, 2.05) is 6.07 Å². The van der Waals surface area contributed by atoms with E-state index < -0.39 is 6.10 Å². The summed E-state index contributed by atoms with van der Waals surface area (Å²) in [6.07, 6.45) is 3.05. The molecule has 1 aromatic rings. The first-order chi connectivity index (χ1) is 9.66. The number of aliphatic hydroxyl groups excluding tert-OH is 1. The molecule has 2 amide bonds. The van der Waals surface area contributed by atoms with Crippen LogP contribution in [0.2, 0.25) is 0 Å². The van der Waals surface area contributed by atoms with Crippen molar-refractivity contribution in [2.45, 2.75) is 37.8 Å². The molecule has 0 radical (unpaired) electrons. The third-order valence-corrected chi connectivity index (χ3v) is 3.52. The fourth-order valence-corrected chi connectivity index (χ4v) is 2.39. The molecule has 0 aromatic heterocycles. The number of rotatable bonds is 4. The molecule has 5 nitrogen and oxygen atoms in total. The summed E-state index contributed by atoms with van der Waals surface area (Å²) in [4.78, 5) is 23.5. The molecule has 0 saturated heterocycles. The van der Waals surface area contributed by atoms with Gasteiger partial charge in [0.2, 0.25) is 5.91 Å². The van der Waals surface area contributed by atoms with E-state index in [1.54, 1.807) is 24.3 Å². The topological polar surface area (TPSA) is 78.4 Å². The van der Waals surface area contributed by atoms with Crippen molar-refractivity contribution >= 4 is 11.8 Å². The first kappa shape index (κ1) is 14.5. The summed E-state index contributed by atoms with van der Waals surface area (Å²) in [5.74, 6) is -0.537.